The van der Waals surface area contributed by atoms with Crippen molar-refractivity contribution in [2.24, 2.45) is 0 Å². The Labute approximate surface area is 138 Å². The molecule has 2 N–H and O–H groups in total. The maximum Gasteiger partial charge on any atom is 0.279 e. The Kier molecular flexibility index (Phi) is 5.77. The number of quaternary nitrogens is 1. The maximum atomic E-state index is 12.8. The molecule has 0 aromatic heterocycles. The molecular formula is C16H16Cl2FN2O+. The summed E-state index contributed by atoms with van der Waals surface area (Å²) in [4.78, 5) is 13.0. The van der Waals surface area contributed by atoms with Crippen LogP contribution in [0, 0.1) is 5.82 Å². The normalized spacial score (nSPS) is 12.0. The lowest BCUT2D eigenvalue weighted by Gasteiger charge is -2.14. The molecule has 3 nitrogen and oxygen atoms in total. The topological polar surface area (TPSA) is 33.5 Å². The van der Waals surface area contributed by atoms with Gasteiger partial charge in [0.1, 0.15) is 12.4 Å². The van der Waals surface area contributed by atoms with Gasteiger partial charge in [0.2, 0.25) is 0 Å². The van der Waals surface area contributed by atoms with Crippen molar-refractivity contribution < 1.29 is 14.1 Å². The van der Waals surface area contributed by atoms with E-state index >= 15 is 0 Å². The van der Waals surface area contributed by atoms with Gasteiger partial charge in [-0.2, -0.15) is 0 Å². The highest BCUT2D eigenvalue weighted by Crippen LogP contribution is 2.22. The van der Waals surface area contributed by atoms with Gasteiger partial charge in [0.05, 0.1) is 7.05 Å². The molecule has 0 bridgehead atoms. The van der Waals surface area contributed by atoms with Crippen molar-refractivity contribution in [1.82, 2.24) is 0 Å². The SMILES string of the molecule is C[NH+](CC(=O)Nc1cc(Cl)cc(Cl)c1)Cc1ccc(F)cc1. The zero-order valence-electron chi connectivity index (χ0n) is 12.0. The molecule has 2 aromatic carbocycles. The summed E-state index contributed by atoms with van der Waals surface area (Å²) in [5.74, 6) is -0.407. The molecule has 0 fully saturated rings. The molecule has 2 aromatic rings. The van der Waals surface area contributed by atoms with Crippen LogP contribution in [0.4, 0.5) is 10.1 Å². The molecule has 116 valence electrons. The Balaban J connectivity index is 1.89. The maximum absolute atomic E-state index is 12.8. The summed E-state index contributed by atoms with van der Waals surface area (Å²) in [7, 11) is 1.90. The van der Waals surface area contributed by atoms with Crippen molar-refractivity contribution in [3.63, 3.8) is 0 Å². The van der Waals surface area contributed by atoms with Crippen LogP contribution in [0.2, 0.25) is 10.0 Å². The summed E-state index contributed by atoms with van der Waals surface area (Å²) >= 11 is 11.8. The first-order valence-electron chi connectivity index (χ1n) is 6.74. The van der Waals surface area contributed by atoms with E-state index in [0.29, 0.717) is 22.3 Å². The minimum Gasteiger partial charge on any atom is -0.326 e. The molecule has 0 heterocycles. The second kappa shape index (κ2) is 7.58. The summed E-state index contributed by atoms with van der Waals surface area (Å²) in [6.07, 6.45) is 0. The van der Waals surface area contributed by atoms with Crippen LogP contribution < -0.4 is 10.2 Å². The monoisotopic (exact) mass is 341 g/mol. The van der Waals surface area contributed by atoms with Crippen molar-refractivity contribution in [3.05, 3.63) is 63.9 Å². The van der Waals surface area contributed by atoms with Crippen LogP contribution in [0.25, 0.3) is 0 Å². The fourth-order valence-corrected chi connectivity index (χ4v) is 2.64. The molecule has 0 aliphatic rings. The van der Waals surface area contributed by atoms with E-state index in [1.165, 1.54) is 12.1 Å². The first-order chi connectivity index (χ1) is 10.4. The molecule has 2 rings (SSSR count). The van der Waals surface area contributed by atoms with Gasteiger partial charge in [-0.3, -0.25) is 4.79 Å². The first kappa shape index (κ1) is 16.7. The van der Waals surface area contributed by atoms with Crippen LogP contribution in [0.1, 0.15) is 5.56 Å². The van der Waals surface area contributed by atoms with Gasteiger partial charge in [-0.05, 0) is 30.3 Å². The first-order valence-corrected chi connectivity index (χ1v) is 7.49. The summed E-state index contributed by atoms with van der Waals surface area (Å²) in [6.45, 7) is 0.908. The second-order valence-corrected chi connectivity index (χ2v) is 6.02. The highest BCUT2D eigenvalue weighted by molar-refractivity contribution is 6.35. The van der Waals surface area contributed by atoms with E-state index in [9.17, 15) is 9.18 Å². The van der Waals surface area contributed by atoms with Gasteiger partial charge in [-0.15, -0.1) is 0 Å². The largest absolute Gasteiger partial charge is 0.326 e. The smallest absolute Gasteiger partial charge is 0.279 e. The van der Waals surface area contributed by atoms with E-state index in [-0.39, 0.29) is 18.3 Å². The fraction of sp³-hybridized carbons (Fsp3) is 0.188. The summed E-state index contributed by atoms with van der Waals surface area (Å²) in [5.41, 5.74) is 1.54. The Morgan fingerprint density at radius 2 is 1.73 bits per heavy atom. The third-order valence-electron chi connectivity index (χ3n) is 3.03. The van der Waals surface area contributed by atoms with Crippen LogP contribution in [0.5, 0.6) is 0 Å². The van der Waals surface area contributed by atoms with Gasteiger partial charge in [-0.25, -0.2) is 4.39 Å². The number of rotatable bonds is 5. The van der Waals surface area contributed by atoms with E-state index in [2.05, 4.69) is 5.32 Å². The third-order valence-corrected chi connectivity index (χ3v) is 3.46. The number of halogens is 3. The van der Waals surface area contributed by atoms with Crippen molar-refractivity contribution in [3.8, 4) is 0 Å². The van der Waals surface area contributed by atoms with Crippen LogP contribution in [-0.2, 0) is 11.3 Å². The fourth-order valence-electron chi connectivity index (χ4n) is 2.12. The predicted molar refractivity (Wildman–Crippen MR) is 86.9 cm³/mol. The molecule has 0 saturated carbocycles. The van der Waals surface area contributed by atoms with Crippen LogP contribution in [0.15, 0.2) is 42.5 Å². The van der Waals surface area contributed by atoms with E-state index in [1.807, 2.05) is 7.05 Å². The molecule has 6 heteroatoms. The molecule has 0 saturated heterocycles. The van der Waals surface area contributed by atoms with E-state index in [0.717, 1.165) is 10.5 Å². The van der Waals surface area contributed by atoms with Crippen LogP contribution >= 0.6 is 23.2 Å². The Morgan fingerprint density at radius 3 is 2.32 bits per heavy atom. The number of benzene rings is 2. The molecule has 0 aliphatic carbocycles. The zero-order chi connectivity index (χ0) is 16.1. The van der Waals surface area contributed by atoms with E-state index < -0.39 is 0 Å². The minimum absolute atomic E-state index is 0.141. The number of nitrogens with one attached hydrogen (secondary N) is 2. The average Bonchev–Trinajstić information content (AvgIpc) is 2.39. The summed E-state index contributed by atoms with van der Waals surface area (Å²) < 4.78 is 12.8. The molecule has 0 spiro atoms. The van der Waals surface area contributed by atoms with Gasteiger partial charge >= 0.3 is 0 Å². The van der Waals surface area contributed by atoms with E-state index in [1.54, 1.807) is 30.3 Å². The Morgan fingerprint density at radius 1 is 1.14 bits per heavy atom. The minimum atomic E-state index is -0.267. The zero-order valence-corrected chi connectivity index (χ0v) is 13.5. The molecule has 22 heavy (non-hydrogen) atoms. The lowest BCUT2D eigenvalue weighted by Crippen LogP contribution is -3.08. The van der Waals surface area contributed by atoms with Crippen LogP contribution in [0.3, 0.4) is 0 Å². The number of anilines is 1. The third kappa shape index (κ3) is 5.30. The summed E-state index contributed by atoms with van der Waals surface area (Å²) in [6, 6.07) is 11.1. The number of likely N-dealkylation sites (N-methyl/N-ethyl adjacent to an activating group) is 1. The predicted octanol–water partition coefficient (Wildman–Crippen LogP) is 2.79. The standard InChI is InChI=1S/C16H15Cl2FN2O/c1-21(9-11-2-4-14(19)5-3-11)10-16(22)20-15-7-12(17)6-13(18)8-15/h2-8H,9-10H2,1H3,(H,20,22)/p+1. The molecule has 1 unspecified atom stereocenters. The molecule has 0 aliphatic heterocycles. The van der Waals surface area contributed by atoms with Gasteiger partial charge in [-0.1, -0.05) is 35.3 Å². The van der Waals surface area contributed by atoms with Crippen LogP contribution in [-0.4, -0.2) is 19.5 Å². The second-order valence-electron chi connectivity index (χ2n) is 5.14. The molecule has 1 amide bonds. The highest BCUT2D eigenvalue weighted by atomic mass is 35.5. The lowest BCUT2D eigenvalue weighted by molar-refractivity contribution is -0.885. The number of carbonyl (C=O) groups is 1. The van der Waals surface area contributed by atoms with Crippen molar-refractivity contribution in [2.45, 2.75) is 6.54 Å². The Hall–Kier alpha value is -1.62. The molecule has 1 atom stereocenters. The van der Waals surface area contributed by atoms with Crippen molar-refractivity contribution >= 4 is 34.8 Å². The number of hydrogen-bond acceptors (Lipinski definition) is 1. The highest BCUT2D eigenvalue weighted by Gasteiger charge is 2.11. The van der Waals surface area contributed by atoms with Gasteiger partial charge in [0.15, 0.2) is 6.54 Å². The summed E-state index contributed by atoms with van der Waals surface area (Å²) in [5, 5.41) is 3.70. The Bertz CT molecular complexity index is 641. The van der Waals surface area contributed by atoms with Crippen molar-refractivity contribution in [1.29, 1.82) is 0 Å². The van der Waals surface area contributed by atoms with Gasteiger partial charge in [0, 0.05) is 21.3 Å². The van der Waals surface area contributed by atoms with Gasteiger partial charge < -0.3 is 10.2 Å². The van der Waals surface area contributed by atoms with E-state index in [4.69, 9.17) is 23.2 Å². The average molecular weight is 342 g/mol. The number of amides is 1. The molecule has 0 radical (unpaired) electrons. The number of hydrogen-bond donors (Lipinski definition) is 2. The van der Waals surface area contributed by atoms with Crippen molar-refractivity contribution in [2.75, 3.05) is 18.9 Å². The molecular weight excluding hydrogens is 326 g/mol. The lowest BCUT2D eigenvalue weighted by atomic mass is 10.2. The van der Waals surface area contributed by atoms with Gasteiger partial charge in [0.25, 0.3) is 5.91 Å². The quantitative estimate of drug-likeness (QED) is 0.861. The number of carbonyl (C=O) groups excluding carboxylic acids is 1.